The van der Waals surface area contributed by atoms with E-state index < -0.39 is 0 Å². The highest BCUT2D eigenvalue weighted by atomic mass is 33.1. The molecular formula is C8H19N3O2S2. The third-order valence-corrected chi connectivity index (χ3v) is 3.53. The Morgan fingerprint density at radius 3 is 3.00 bits per heavy atom. The molecule has 0 aliphatic rings. The van der Waals surface area contributed by atoms with Crippen molar-refractivity contribution in [2.75, 3.05) is 31.3 Å². The van der Waals surface area contributed by atoms with Crippen molar-refractivity contribution in [3.8, 4) is 0 Å². The van der Waals surface area contributed by atoms with Gasteiger partial charge in [-0.1, -0.05) is 21.6 Å². The molecule has 15 heavy (non-hydrogen) atoms. The van der Waals surface area contributed by atoms with E-state index in [0.29, 0.717) is 19.0 Å². The van der Waals surface area contributed by atoms with Crippen LogP contribution in [-0.2, 0) is 4.74 Å². The SMILES string of the molecule is NCSSCCCN=COCCCNO. The fourth-order valence-electron chi connectivity index (χ4n) is 0.714. The maximum absolute atomic E-state index is 8.26. The Hall–Kier alpha value is 0.0500. The summed E-state index contributed by atoms with van der Waals surface area (Å²) < 4.78 is 5.09. The summed E-state index contributed by atoms with van der Waals surface area (Å²) in [5.41, 5.74) is 7.38. The highest BCUT2D eigenvalue weighted by Gasteiger charge is 1.87. The van der Waals surface area contributed by atoms with E-state index in [4.69, 9.17) is 15.7 Å². The number of hydrogen-bond acceptors (Lipinski definition) is 7. The number of rotatable bonds is 11. The molecule has 0 bridgehead atoms. The summed E-state index contributed by atoms with van der Waals surface area (Å²) in [4.78, 5) is 4.08. The fraction of sp³-hybridized carbons (Fsp3) is 0.875. The molecule has 0 aromatic carbocycles. The predicted octanol–water partition coefficient (Wildman–Crippen LogP) is 1.09. The Morgan fingerprint density at radius 1 is 1.40 bits per heavy atom. The van der Waals surface area contributed by atoms with Gasteiger partial charge in [0.15, 0.2) is 6.40 Å². The molecule has 0 unspecified atom stereocenters. The molecule has 5 nitrogen and oxygen atoms in total. The van der Waals surface area contributed by atoms with Gasteiger partial charge in [-0.05, 0) is 12.8 Å². The molecule has 0 atom stereocenters. The zero-order valence-electron chi connectivity index (χ0n) is 8.72. The average molecular weight is 253 g/mol. The van der Waals surface area contributed by atoms with E-state index in [0.717, 1.165) is 25.1 Å². The summed E-state index contributed by atoms with van der Waals surface area (Å²) in [5, 5.41) is 8.26. The number of ether oxygens (including phenoxy) is 1. The van der Waals surface area contributed by atoms with Crippen LogP contribution < -0.4 is 11.2 Å². The third-order valence-electron chi connectivity index (χ3n) is 1.37. The lowest BCUT2D eigenvalue weighted by atomic mass is 10.5. The average Bonchev–Trinajstić information content (AvgIpc) is 2.26. The second-order valence-electron chi connectivity index (χ2n) is 2.60. The number of nitrogens with two attached hydrogens (primary N) is 1. The van der Waals surface area contributed by atoms with Crippen LogP contribution in [0.2, 0.25) is 0 Å². The predicted molar refractivity (Wildman–Crippen MR) is 67.4 cm³/mol. The van der Waals surface area contributed by atoms with Crippen LogP contribution >= 0.6 is 21.6 Å². The zero-order chi connectivity index (χ0) is 11.2. The van der Waals surface area contributed by atoms with E-state index >= 15 is 0 Å². The van der Waals surface area contributed by atoms with Gasteiger partial charge in [-0.3, -0.25) is 4.99 Å². The first kappa shape index (κ1) is 15.0. The smallest absolute Gasteiger partial charge is 0.169 e. The largest absolute Gasteiger partial charge is 0.483 e. The van der Waals surface area contributed by atoms with Crippen LogP contribution in [0.25, 0.3) is 0 Å². The topological polar surface area (TPSA) is 79.9 Å². The van der Waals surface area contributed by atoms with Crippen LogP contribution in [0.15, 0.2) is 4.99 Å². The lowest BCUT2D eigenvalue weighted by molar-refractivity contribution is 0.157. The monoisotopic (exact) mass is 253 g/mol. The first-order chi connectivity index (χ1) is 7.41. The van der Waals surface area contributed by atoms with Crippen LogP contribution in [0.5, 0.6) is 0 Å². The van der Waals surface area contributed by atoms with E-state index in [1.54, 1.807) is 21.6 Å². The summed E-state index contributed by atoms with van der Waals surface area (Å²) in [7, 11) is 3.44. The van der Waals surface area contributed by atoms with Gasteiger partial charge in [-0.25, -0.2) is 5.48 Å². The lowest BCUT2D eigenvalue weighted by Crippen LogP contribution is -2.10. The first-order valence-corrected chi connectivity index (χ1v) is 7.32. The molecule has 0 aliphatic heterocycles. The van der Waals surface area contributed by atoms with Crippen LogP contribution in [0.1, 0.15) is 12.8 Å². The summed E-state index contributed by atoms with van der Waals surface area (Å²) in [6, 6.07) is 0. The highest BCUT2D eigenvalue weighted by Crippen LogP contribution is 2.19. The molecule has 0 fully saturated rings. The molecular weight excluding hydrogens is 234 g/mol. The van der Waals surface area contributed by atoms with E-state index in [1.807, 2.05) is 0 Å². The van der Waals surface area contributed by atoms with Gasteiger partial charge in [0.2, 0.25) is 0 Å². The molecule has 0 amide bonds. The van der Waals surface area contributed by atoms with Crippen LogP contribution in [0, 0.1) is 0 Å². The summed E-state index contributed by atoms with van der Waals surface area (Å²) in [5.74, 6) is 1.73. The maximum atomic E-state index is 8.26. The Bertz CT molecular complexity index is 150. The second-order valence-corrected chi connectivity index (χ2v) is 5.23. The van der Waals surface area contributed by atoms with Crippen molar-refractivity contribution in [2.45, 2.75) is 12.8 Å². The van der Waals surface area contributed by atoms with Gasteiger partial charge in [0, 0.05) is 24.7 Å². The first-order valence-electron chi connectivity index (χ1n) is 4.83. The summed E-state index contributed by atoms with van der Waals surface area (Å²) in [6.45, 7) is 1.91. The quantitative estimate of drug-likeness (QED) is 0.128. The van der Waals surface area contributed by atoms with Gasteiger partial charge < -0.3 is 15.7 Å². The Balaban J connectivity index is 2.97. The van der Waals surface area contributed by atoms with Crippen molar-refractivity contribution in [2.24, 2.45) is 10.7 Å². The minimum Gasteiger partial charge on any atom is -0.483 e. The van der Waals surface area contributed by atoms with Gasteiger partial charge >= 0.3 is 0 Å². The molecule has 0 aliphatic carbocycles. The molecule has 0 spiro atoms. The van der Waals surface area contributed by atoms with E-state index in [9.17, 15) is 0 Å². The Labute approximate surface area is 98.6 Å². The molecule has 0 heterocycles. The third kappa shape index (κ3) is 14.1. The molecule has 7 heteroatoms. The van der Waals surface area contributed by atoms with Crippen molar-refractivity contribution in [3.05, 3.63) is 0 Å². The van der Waals surface area contributed by atoms with Crippen molar-refractivity contribution < 1.29 is 9.94 Å². The van der Waals surface area contributed by atoms with Gasteiger partial charge in [-0.2, -0.15) is 0 Å². The van der Waals surface area contributed by atoms with E-state index in [1.165, 1.54) is 6.40 Å². The van der Waals surface area contributed by atoms with Crippen LogP contribution in [-0.4, -0.2) is 42.9 Å². The van der Waals surface area contributed by atoms with Crippen molar-refractivity contribution >= 4 is 28.0 Å². The van der Waals surface area contributed by atoms with Crippen LogP contribution in [0.3, 0.4) is 0 Å². The molecule has 90 valence electrons. The minimum absolute atomic E-state index is 0.542. The van der Waals surface area contributed by atoms with Gasteiger partial charge in [-0.15, -0.1) is 0 Å². The van der Waals surface area contributed by atoms with E-state index in [-0.39, 0.29) is 0 Å². The molecule has 0 saturated heterocycles. The minimum atomic E-state index is 0.542. The molecule has 0 aromatic heterocycles. The van der Waals surface area contributed by atoms with Crippen molar-refractivity contribution in [3.63, 3.8) is 0 Å². The summed E-state index contributed by atoms with van der Waals surface area (Å²) >= 11 is 0. The van der Waals surface area contributed by atoms with Gasteiger partial charge in [0.05, 0.1) is 6.61 Å². The molecule has 0 aromatic rings. The van der Waals surface area contributed by atoms with Crippen molar-refractivity contribution in [1.82, 2.24) is 5.48 Å². The normalized spacial score (nSPS) is 11.1. The summed E-state index contributed by atoms with van der Waals surface area (Å²) in [6.07, 6.45) is 3.29. The number of aliphatic imine (C=N–C) groups is 1. The molecule has 4 N–H and O–H groups in total. The number of nitrogens with zero attached hydrogens (tertiary/aromatic N) is 1. The zero-order valence-corrected chi connectivity index (χ0v) is 10.4. The van der Waals surface area contributed by atoms with Gasteiger partial charge in [0.1, 0.15) is 0 Å². The standard InChI is InChI=1S/C8H19N3O2S2/c9-7-15-14-6-2-3-10-8-13-5-1-4-11-12/h8,11-12H,1-7,9H2. The number of hydroxylamine groups is 1. The van der Waals surface area contributed by atoms with E-state index in [2.05, 4.69) is 10.5 Å². The Kier molecular flexibility index (Phi) is 14.1. The lowest BCUT2D eigenvalue weighted by Gasteiger charge is -1.99. The van der Waals surface area contributed by atoms with Crippen molar-refractivity contribution in [1.29, 1.82) is 0 Å². The van der Waals surface area contributed by atoms with Crippen LogP contribution in [0.4, 0.5) is 0 Å². The molecule has 0 saturated carbocycles. The Morgan fingerprint density at radius 2 is 2.27 bits per heavy atom. The second kappa shape index (κ2) is 14.1. The number of hydrogen-bond donors (Lipinski definition) is 3. The maximum Gasteiger partial charge on any atom is 0.169 e. The molecule has 0 rings (SSSR count). The molecule has 0 radical (unpaired) electrons. The highest BCUT2D eigenvalue weighted by molar-refractivity contribution is 8.76. The fourth-order valence-corrected chi connectivity index (χ4v) is 2.17. The number of nitrogens with one attached hydrogen (secondary N) is 1. The van der Waals surface area contributed by atoms with Gasteiger partial charge in [0.25, 0.3) is 0 Å².